The highest BCUT2D eigenvalue weighted by atomic mass is 19.4. The van der Waals surface area contributed by atoms with E-state index < -0.39 is 11.7 Å². The predicted octanol–water partition coefficient (Wildman–Crippen LogP) is 4.55. The van der Waals surface area contributed by atoms with E-state index in [1.54, 1.807) is 7.11 Å². The molecule has 0 aliphatic carbocycles. The largest absolute Gasteiger partial charge is 0.497 e. The Morgan fingerprint density at radius 1 is 1.09 bits per heavy atom. The normalized spacial score (nSPS) is 15.9. The molecular weight excluding hydrogens is 433 g/mol. The second-order valence-electron chi connectivity index (χ2n) is 8.26. The number of nitrogens with one attached hydrogen (secondary N) is 1. The number of rotatable bonds is 5. The van der Waals surface area contributed by atoms with Gasteiger partial charge in [-0.05, 0) is 90.3 Å². The Labute approximate surface area is 188 Å². The standard InChI is InChI=1S/C23H23F3N6O/c1-33-18-6-7-21-19(12-18)20(13-27-21)15-8-10-31(11-9-15)14-22-28-29-30-32(22)17-4-2-16(3-5-17)23(24,25)26/h2-7,12-13,15,27H,8-11,14H2,1H3. The van der Waals surface area contributed by atoms with Crippen LogP contribution in [0.2, 0.25) is 0 Å². The van der Waals surface area contributed by atoms with E-state index >= 15 is 0 Å². The average Bonchev–Trinajstić information content (AvgIpc) is 3.46. The van der Waals surface area contributed by atoms with Gasteiger partial charge in [0.1, 0.15) is 5.75 Å². The molecule has 0 atom stereocenters. The Morgan fingerprint density at radius 3 is 2.55 bits per heavy atom. The van der Waals surface area contributed by atoms with Crippen LogP contribution in [-0.4, -0.2) is 50.3 Å². The van der Waals surface area contributed by atoms with Crippen LogP contribution < -0.4 is 4.74 Å². The number of H-pyrrole nitrogens is 1. The summed E-state index contributed by atoms with van der Waals surface area (Å²) in [5.74, 6) is 1.88. The lowest BCUT2D eigenvalue weighted by Crippen LogP contribution is -2.33. The molecule has 33 heavy (non-hydrogen) atoms. The van der Waals surface area contributed by atoms with Crippen molar-refractivity contribution in [2.24, 2.45) is 0 Å². The SMILES string of the molecule is COc1ccc2[nH]cc(C3CCN(Cc4nnnn4-c4ccc(C(F)(F)F)cc4)CC3)c2c1. The molecule has 172 valence electrons. The van der Waals surface area contributed by atoms with Gasteiger partial charge in [-0.2, -0.15) is 17.9 Å². The molecule has 3 heterocycles. The van der Waals surface area contributed by atoms with Crippen molar-refractivity contribution in [1.29, 1.82) is 0 Å². The second-order valence-corrected chi connectivity index (χ2v) is 8.26. The molecule has 0 saturated carbocycles. The van der Waals surface area contributed by atoms with Crippen LogP contribution >= 0.6 is 0 Å². The molecule has 0 unspecified atom stereocenters. The van der Waals surface area contributed by atoms with Crippen molar-refractivity contribution >= 4 is 10.9 Å². The van der Waals surface area contributed by atoms with Crippen LogP contribution in [-0.2, 0) is 12.7 Å². The van der Waals surface area contributed by atoms with Crippen molar-refractivity contribution in [3.05, 3.63) is 65.6 Å². The van der Waals surface area contributed by atoms with Gasteiger partial charge in [-0.3, -0.25) is 4.90 Å². The first-order chi connectivity index (χ1) is 15.9. The number of halogens is 3. The molecule has 1 fully saturated rings. The number of aromatic amines is 1. The minimum absolute atomic E-state index is 0.438. The lowest BCUT2D eigenvalue weighted by atomic mass is 9.89. The number of tetrazole rings is 1. The molecular formula is C23H23F3N6O. The molecule has 1 aliphatic rings. The lowest BCUT2D eigenvalue weighted by molar-refractivity contribution is -0.137. The molecule has 2 aromatic carbocycles. The van der Waals surface area contributed by atoms with Crippen LogP contribution in [0.1, 0.15) is 35.7 Å². The molecule has 7 nitrogen and oxygen atoms in total. The van der Waals surface area contributed by atoms with Gasteiger partial charge in [-0.15, -0.1) is 5.10 Å². The molecule has 0 spiro atoms. The fourth-order valence-electron chi connectivity index (χ4n) is 4.48. The number of aromatic nitrogens is 5. The number of benzene rings is 2. The number of methoxy groups -OCH3 is 1. The summed E-state index contributed by atoms with van der Waals surface area (Å²) in [6, 6.07) is 10.9. The zero-order chi connectivity index (χ0) is 23.0. The summed E-state index contributed by atoms with van der Waals surface area (Å²) < 4.78 is 45.4. The van der Waals surface area contributed by atoms with Crippen molar-refractivity contribution < 1.29 is 17.9 Å². The number of piperidine rings is 1. The van der Waals surface area contributed by atoms with Gasteiger partial charge >= 0.3 is 6.18 Å². The highest BCUT2D eigenvalue weighted by Crippen LogP contribution is 2.35. The van der Waals surface area contributed by atoms with Crippen LogP contribution in [0.4, 0.5) is 13.2 Å². The molecule has 1 saturated heterocycles. The maximum absolute atomic E-state index is 12.8. The Morgan fingerprint density at radius 2 is 1.85 bits per heavy atom. The third kappa shape index (κ3) is 4.30. The fraction of sp³-hybridized carbons (Fsp3) is 0.348. The van der Waals surface area contributed by atoms with Crippen LogP contribution in [0, 0.1) is 0 Å². The Bertz CT molecular complexity index is 1240. The van der Waals surface area contributed by atoms with Gasteiger partial charge < -0.3 is 9.72 Å². The zero-order valence-corrected chi connectivity index (χ0v) is 18.0. The molecule has 1 N–H and O–H groups in total. The number of nitrogens with zero attached hydrogens (tertiary/aromatic N) is 5. The number of likely N-dealkylation sites (tertiary alicyclic amines) is 1. The van der Waals surface area contributed by atoms with Crippen molar-refractivity contribution in [2.45, 2.75) is 31.5 Å². The van der Waals surface area contributed by atoms with Crippen molar-refractivity contribution in [1.82, 2.24) is 30.1 Å². The van der Waals surface area contributed by atoms with Gasteiger partial charge in [0.25, 0.3) is 0 Å². The molecule has 0 amide bonds. The molecule has 2 aromatic heterocycles. The number of hydrogen-bond acceptors (Lipinski definition) is 5. The van der Waals surface area contributed by atoms with Gasteiger partial charge in [0, 0.05) is 17.1 Å². The van der Waals surface area contributed by atoms with Crippen molar-refractivity contribution in [3.63, 3.8) is 0 Å². The molecule has 5 rings (SSSR count). The summed E-state index contributed by atoms with van der Waals surface area (Å²) in [6.07, 6.45) is -0.296. The molecule has 4 aromatic rings. The molecule has 0 radical (unpaired) electrons. The fourth-order valence-corrected chi connectivity index (χ4v) is 4.48. The van der Waals surface area contributed by atoms with Gasteiger partial charge in [0.2, 0.25) is 0 Å². The Balaban J connectivity index is 1.26. The summed E-state index contributed by atoms with van der Waals surface area (Å²) in [5.41, 5.74) is 2.21. The van der Waals surface area contributed by atoms with E-state index in [0.29, 0.717) is 24.0 Å². The van der Waals surface area contributed by atoms with E-state index in [-0.39, 0.29) is 0 Å². The third-order valence-corrected chi connectivity index (χ3v) is 6.29. The quantitative estimate of drug-likeness (QED) is 0.477. The van der Waals surface area contributed by atoms with Crippen LogP contribution in [0.5, 0.6) is 5.75 Å². The minimum atomic E-state index is -4.37. The van der Waals surface area contributed by atoms with Gasteiger partial charge in [-0.1, -0.05) is 0 Å². The van der Waals surface area contributed by atoms with E-state index in [2.05, 4.69) is 37.7 Å². The minimum Gasteiger partial charge on any atom is -0.497 e. The van der Waals surface area contributed by atoms with Crippen molar-refractivity contribution in [3.8, 4) is 11.4 Å². The van der Waals surface area contributed by atoms with Crippen molar-refractivity contribution in [2.75, 3.05) is 20.2 Å². The van der Waals surface area contributed by atoms with E-state index in [1.807, 2.05) is 12.1 Å². The Hall–Kier alpha value is -3.40. The van der Waals surface area contributed by atoms with E-state index in [1.165, 1.54) is 27.8 Å². The number of fused-ring (bicyclic) bond motifs is 1. The van der Waals surface area contributed by atoms with Gasteiger partial charge in [-0.25, -0.2) is 0 Å². The third-order valence-electron chi connectivity index (χ3n) is 6.29. The first-order valence-electron chi connectivity index (χ1n) is 10.7. The summed E-state index contributed by atoms with van der Waals surface area (Å²) in [6.45, 7) is 2.28. The Kier molecular flexibility index (Phi) is 5.53. The van der Waals surface area contributed by atoms with Crippen LogP contribution in [0.25, 0.3) is 16.6 Å². The first-order valence-corrected chi connectivity index (χ1v) is 10.7. The summed E-state index contributed by atoms with van der Waals surface area (Å²) in [5, 5.41) is 13.0. The zero-order valence-electron chi connectivity index (χ0n) is 18.0. The van der Waals surface area contributed by atoms with Crippen LogP contribution in [0.3, 0.4) is 0 Å². The number of alkyl halides is 3. The first kappa shape index (κ1) is 21.4. The highest BCUT2D eigenvalue weighted by molar-refractivity contribution is 5.85. The average molecular weight is 456 g/mol. The topological polar surface area (TPSA) is 71.9 Å². The molecule has 10 heteroatoms. The van der Waals surface area contributed by atoms with Crippen LogP contribution in [0.15, 0.2) is 48.7 Å². The van der Waals surface area contributed by atoms with Gasteiger partial charge in [0.05, 0.1) is 24.9 Å². The summed E-state index contributed by atoms with van der Waals surface area (Å²) >= 11 is 0. The highest BCUT2D eigenvalue weighted by Gasteiger charge is 2.30. The maximum atomic E-state index is 12.8. The van der Waals surface area contributed by atoms with E-state index in [4.69, 9.17) is 4.74 Å². The smallest absolute Gasteiger partial charge is 0.416 e. The van der Waals surface area contributed by atoms with E-state index in [0.717, 1.165) is 49.3 Å². The molecule has 1 aliphatic heterocycles. The summed E-state index contributed by atoms with van der Waals surface area (Å²) in [7, 11) is 1.67. The summed E-state index contributed by atoms with van der Waals surface area (Å²) in [4.78, 5) is 5.63. The second kappa shape index (κ2) is 8.51. The number of hydrogen-bond donors (Lipinski definition) is 1. The van der Waals surface area contributed by atoms with Gasteiger partial charge in [0.15, 0.2) is 5.82 Å². The monoisotopic (exact) mass is 456 g/mol. The maximum Gasteiger partial charge on any atom is 0.416 e. The number of ether oxygens (including phenoxy) is 1. The van der Waals surface area contributed by atoms with E-state index in [9.17, 15) is 13.2 Å². The predicted molar refractivity (Wildman–Crippen MR) is 116 cm³/mol. The lowest BCUT2D eigenvalue weighted by Gasteiger charge is -2.31. The molecule has 0 bridgehead atoms.